The Kier molecular flexibility index (Phi) is 2.51. The van der Waals surface area contributed by atoms with E-state index in [1.165, 1.54) is 0 Å². The molecule has 0 aliphatic heterocycles. The Morgan fingerprint density at radius 1 is 1.40 bits per heavy atom. The van der Waals surface area contributed by atoms with Gasteiger partial charge < -0.3 is 10.5 Å². The van der Waals surface area contributed by atoms with Crippen LogP contribution < -0.4 is 10.5 Å². The first-order valence-electron chi connectivity index (χ1n) is 4.35. The van der Waals surface area contributed by atoms with Crippen molar-refractivity contribution in [3.05, 3.63) is 29.4 Å². The van der Waals surface area contributed by atoms with Gasteiger partial charge in [0, 0.05) is 16.1 Å². The van der Waals surface area contributed by atoms with Gasteiger partial charge in [-0.05, 0) is 18.2 Å². The molecule has 0 saturated heterocycles. The number of halogens is 1. The standard InChI is InChI=1S/C10H10ClN3O/c1-15-9-4-6(11)2-3-7(9)8-5-13-14-10(8)12/h2-5H,1H3,(H3,12,13,14). The Labute approximate surface area is 92.0 Å². The highest BCUT2D eigenvalue weighted by Crippen LogP contribution is 2.34. The molecule has 0 unspecified atom stereocenters. The van der Waals surface area contributed by atoms with Crippen LogP contribution in [0.3, 0.4) is 0 Å². The molecule has 4 nitrogen and oxygen atoms in total. The molecule has 0 atom stereocenters. The summed E-state index contributed by atoms with van der Waals surface area (Å²) in [6.07, 6.45) is 1.65. The predicted octanol–water partition coefficient (Wildman–Crippen LogP) is 2.32. The molecule has 0 spiro atoms. The summed E-state index contributed by atoms with van der Waals surface area (Å²) in [4.78, 5) is 0. The lowest BCUT2D eigenvalue weighted by molar-refractivity contribution is 0.416. The molecule has 78 valence electrons. The van der Waals surface area contributed by atoms with Gasteiger partial charge in [-0.3, -0.25) is 5.10 Å². The summed E-state index contributed by atoms with van der Waals surface area (Å²) in [6.45, 7) is 0. The predicted molar refractivity (Wildman–Crippen MR) is 60.0 cm³/mol. The molecule has 3 N–H and O–H groups in total. The van der Waals surface area contributed by atoms with Crippen molar-refractivity contribution in [2.24, 2.45) is 0 Å². The monoisotopic (exact) mass is 223 g/mol. The summed E-state index contributed by atoms with van der Waals surface area (Å²) in [6, 6.07) is 5.37. The van der Waals surface area contributed by atoms with E-state index in [9.17, 15) is 0 Å². The molecule has 2 aromatic rings. The molecule has 0 amide bonds. The summed E-state index contributed by atoms with van der Waals surface area (Å²) in [5, 5.41) is 7.15. The number of ether oxygens (including phenoxy) is 1. The largest absolute Gasteiger partial charge is 0.496 e. The highest BCUT2D eigenvalue weighted by Gasteiger charge is 2.10. The zero-order chi connectivity index (χ0) is 10.8. The Morgan fingerprint density at radius 2 is 2.20 bits per heavy atom. The quantitative estimate of drug-likeness (QED) is 0.821. The van der Waals surface area contributed by atoms with E-state index in [1.807, 2.05) is 6.07 Å². The smallest absolute Gasteiger partial charge is 0.128 e. The molecule has 1 aromatic heterocycles. The first kappa shape index (κ1) is 9.86. The number of anilines is 1. The van der Waals surface area contributed by atoms with Gasteiger partial charge in [-0.2, -0.15) is 5.10 Å². The van der Waals surface area contributed by atoms with Crippen LogP contribution in [0.2, 0.25) is 5.02 Å². The second-order valence-electron chi connectivity index (χ2n) is 3.04. The Hall–Kier alpha value is -1.68. The number of H-pyrrole nitrogens is 1. The minimum atomic E-state index is 0.510. The van der Waals surface area contributed by atoms with Crippen molar-refractivity contribution in [1.29, 1.82) is 0 Å². The topological polar surface area (TPSA) is 63.9 Å². The summed E-state index contributed by atoms with van der Waals surface area (Å²) >= 11 is 5.86. The third-order valence-corrected chi connectivity index (χ3v) is 2.36. The van der Waals surface area contributed by atoms with Crippen molar-refractivity contribution in [3.8, 4) is 16.9 Å². The van der Waals surface area contributed by atoms with Crippen molar-refractivity contribution in [1.82, 2.24) is 10.2 Å². The summed E-state index contributed by atoms with van der Waals surface area (Å²) in [5.41, 5.74) is 7.41. The van der Waals surface area contributed by atoms with Gasteiger partial charge in [0.25, 0.3) is 0 Å². The lowest BCUT2D eigenvalue weighted by Gasteiger charge is -2.07. The van der Waals surface area contributed by atoms with Crippen LogP contribution in [-0.4, -0.2) is 17.3 Å². The third-order valence-electron chi connectivity index (χ3n) is 2.12. The lowest BCUT2D eigenvalue weighted by atomic mass is 10.1. The first-order chi connectivity index (χ1) is 7.22. The van der Waals surface area contributed by atoms with E-state index in [1.54, 1.807) is 25.4 Å². The Balaban J connectivity index is 2.58. The zero-order valence-electron chi connectivity index (χ0n) is 8.12. The molecule has 1 aromatic carbocycles. The third kappa shape index (κ3) is 1.76. The highest BCUT2D eigenvalue weighted by molar-refractivity contribution is 6.30. The normalized spacial score (nSPS) is 10.3. The molecule has 0 aliphatic carbocycles. The number of aromatic nitrogens is 2. The number of nitrogens with zero attached hydrogens (tertiary/aromatic N) is 1. The van der Waals surface area contributed by atoms with Gasteiger partial charge in [0.2, 0.25) is 0 Å². The lowest BCUT2D eigenvalue weighted by Crippen LogP contribution is -1.91. The zero-order valence-corrected chi connectivity index (χ0v) is 8.88. The number of hydrogen-bond donors (Lipinski definition) is 2. The van der Waals surface area contributed by atoms with Gasteiger partial charge >= 0.3 is 0 Å². The summed E-state index contributed by atoms with van der Waals surface area (Å²) < 4.78 is 5.22. The van der Waals surface area contributed by atoms with Crippen LogP contribution in [0.25, 0.3) is 11.1 Å². The molecule has 0 radical (unpaired) electrons. The van der Waals surface area contributed by atoms with Crippen molar-refractivity contribution in [2.75, 3.05) is 12.8 Å². The van der Waals surface area contributed by atoms with Gasteiger partial charge in [-0.1, -0.05) is 11.6 Å². The van der Waals surface area contributed by atoms with Gasteiger partial charge in [0.1, 0.15) is 11.6 Å². The fraction of sp³-hybridized carbons (Fsp3) is 0.100. The number of rotatable bonds is 2. The number of nitrogens with two attached hydrogens (primary N) is 1. The number of nitrogen functional groups attached to an aromatic ring is 1. The average molecular weight is 224 g/mol. The van der Waals surface area contributed by atoms with Crippen LogP contribution in [0.1, 0.15) is 0 Å². The maximum atomic E-state index is 5.86. The van der Waals surface area contributed by atoms with Gasteiger partial charge in [-0.15, -0.1) is 0 Å². The SMILES string of the molecule is COc1cc(Cl)ccc1-c1cn[nH]c1N. The van der Waals surface area contributed by atoms with E-state index < -0.39 is 0 Å². The molecule has 0 saturated carbocycles. The van der Waals surface area contributed by atoms with Crippen molar-refractivity contribution in [3.63, 3.8) is 0 Å². The first-order valence-corrected chi connectivity index (χ1v) is 4.73. The second kappa shape index (κ2) is 3.82. The molecule has 0 fully saturated rings. The summed E-state index contributed by atoms with van der Waals surface area (Å²) in [7, 11) is 1.59. The number of nitrogens with one attached hydrogen (secondary N) is 1. The van der Waals surface area contributed by atoms with Crippen LogP contribution in [0, 0.1) is 0 Å². The minimum Gasteiger partial charge on any atom is -0.496 e. The molecular weight excluding hydrogens is 214 g/mol. The van der Waals surface area contributed by atoms with Gasteiger partial charge in [0.15, 0.2) is 0 Å². The van der Waals surface area contributed by atoms with E-state index in [2.05, 4.69) is 10.2 Å². The van der Waals surface area contributed by atoms with E-state index in [0.717, 1.165) is 11.1 Å². The van der Waals surface area contributed by atoms with Crippen molar-refractivity contribution >= 4 is 17.4 Å². The van der Waals surface area contributed by atoms with E-state index >= 15 is 0 Å². The van der Waals surface area contributed by atoms with Crippen molar-refractivity contribution in [2.45, 2.75) is 0 Å². The fourth-order valence-corrected chi connectivity index (χ4v) is 1.56. The highest BCUT2D eigenvalue weighted by atomic mass is 35.5. The summed E-state index contributed by atoms with van der Waals surface area (Å²) in [5.74, 6) is 1.19. The minimum absolute atomic E-state index is 0.510. The number of hydrogen-bond acceptors (Lipinski definition) is 3. The van der Waals surface area contributed by atoms with Crippen LogP contribution in [0.5, 0.6) is 5.75 Å². The molecular formula is C10H10ClN3O. The van der Waals surface area contributed by atoms with Crippen LogP contribution in [0.15, 0.2) is 24.4 Å². The van der Waals surface area contributed by atoms with Crippen LogP contribution >= 0.6 is 11.6 Å². The molecule has 0 bridgehead atoms. The van der Waals surface area contributed by atoms with E-state index in [4.69, 9.17) is 22.1 Å². The fourth-order valence-electron chi connectivity index (χ4n) is 1.40. The van der Waals surface area contributed by atoms with Crippen molar-refractivity contribution < 1.29 is 4.74 Å². The second-order valence-corrected chi connectivity index (χ2v) is 3.48. The molecule has 1 heterocycles. The number of aromatic amines is 1. The van der Waals surface area contributed by atoms with Gasteiger partial charge in [0.05, 0.1) is 13.3 Å². The maximum Gasteiger partial charge on any atom is 0.128 e. The average Bonchev–Trinajstić information content (AvgIpc) is 2.64. The maximum absolute atomic E-state index is 5.86. The van der Waals surface area contributed by atoms with E-state index in [0.29, 0.717) is 16.6 Å². The Bertz CT molecular complexity index is 481. The van der Waals surface area contributed by atoms with Crippen LogP contribution in [-0.2, 0) is 0 Å². The molecule has 15 heavy (non-hydrogen) atoms. The number of methoxy groups -OCH3 is 1. The van der Waals surface area contributed by atoms with E-state index in [-0.39, 0.29) is 0 Å². The molecule has 5 heteroatoms. The Morgan fingerprint density at radius 3 is 2.80 bits per heavy atom. The van der Waals surface area contributed by atoms with Crippen LogP contribution in [0.4, 0.5) is 5.82 Å². The molecule has 2 rings (SSSR count). The molecule has 0 aliphatic rings. The van der Waals surface area contributed by atoms with Gasteiger partial charge in [-0.25, -0.2) is 0 Å². The number of benzene rings is 1.